The highest BCUT2D eigenvalue weighted by atomic mass is 79.9. The number of alkyl halides is 7. The molecule has 0 unspecified atom stereocenters. The molecule has 6 aromatic rings. The molecule has 0 atom stereocenters. The zero-order valence-electron chi connectivity index (χ0n) is 35.8. The average molecular weight is 1110 g/mol. The average Bonchev–Trinajstić information content (AvgIpc) is 3.91. The van der Waals surface area contributed by atoms with Gasteiger partial charge in [-0.2, -0.15) is 45.0 Å². The molecule has 0 radical (unpaired) electrons. The van der Waals surface area contributed by atoms with E-state index in [9.17, 15) is 48.7 Å². The van der Waals surface area contributed by atoms with Gasteiger partial charge in [-0.15, -0.1) is 0 Å². The van der Waals surface area contributed by atoms with Crippen LogP contribution in [0, 0.1) is 0 Å². The largest absolute Gasteiger partial charge is 0.523 e. The summed E-state index contributed by atoms with van der Waals surface area (Å²) in [7, 11) is -4.85. The first kappa shape index (κ1) is 54.9. The van der Waals surface area contributed by atoms with Crippen LogP contribution < -0.4 is 31.0 Å². The maximum absolute atomic E-state index is 12.5. The van der Waals surface area contributed by atoms with Crippen LogP contribution in [-0.4, -0.2) is 115 Å². The number of benzene rings is 4. The Labute approximate surface area is 404 Å². The normalized spacial score (nSPS) is 14.1. The molecule has 4 heterocycles. The zero-order valence-corrected chi connectivity index (χ0v) is 39.8. The van der Waals surface area contributed by atoms with E-state index in [0.717, 1.165) is 90.5 Å². The minimum Gasteiger partial charge on any atom is -0.368 e. The van der Waals surface area contributed by atoms with Crippen LogP contribution in [0.15, 0.2) is 128 Å². The number of piperazine rings is 2. The number of halogens is 9. The predicted octanol–water partition coefficient (Wildman–Crippen LogP) is 8.43. The summed E-state index contributed by atoms with van der Waals surface area (Å²) in [4.78, 5) is 33.1. The second kappa shape index (κ2) is 24.6. The first-order chi connectivity index (χ1) is 31.8. The molecule has 2 aliphatic heterocycles. The number of nitrogens with zero attached hydrogens (tertiary/aromatic N) is 9. The smallest absolute Gasteiger partial charge is 0.368 e. The van der Waals surface area contributed by atoms with Crippen LogP contribution >= 0.6 is 31.9 Å². The van der Waals surface area contributed by atoms with Crippen LogP contribution in [0.3, 0.4) is 0 Å². The fraction of sp³-hybridized carbons (Fsp3) is 0.349. The van der Waals surface area contributed by atoms with Crippen molar-refractivity contribution in [2.75, 3.05) is 85.7 Å². The third kappa shape index (κ3) is 14.9. The molecule has 68 heavy (non-hydrogen) atoms. The van der Waals surface area contributed by atoms with Crippen molar-refractivity contribution in [3.05, 3.63) is 140 Å². The molecule has 2 aliphatic rings. The topological polar surface area (TPSA) is 147 Å². The lowest BCUT2D eigenvalue weighted by Crippen LogP contribution is -2.46. The summed E-state index contributed by atoms with van der Waals surface area (Å²) in [6.07, 6.45) is -1.89. The molecule has 2 aromatic heterocycles. The van der Waals surface area contributed by atoms with E-state index in [1.54, 1.807) is 12.1 Å². The van der Waals surface area contributed by atoms with Crippen molar-refractivity contribution in [3.63, 3.8) is 0 Å². The summed E-state index contributed by atoms with van der Waals surface area (Å²) in [5, 5.41) is 9.73. The quantitative estimate of drug-likeness (QED) is 0.0846. The van der Waals surface area contributed by atoms with E-state index in [1.165, 1.54) is 28.0 Å². The fourth-order valence-corrected chi connectivity index (χ4v) is 7.82. The summed E-state index contributed by atoms with van der Waals surface area (Å²) in [5.41, 5.74) is -0.425. The molecule has 0 bridgehead atoms. The number of aromatic nitrogens is 6. The van der Waals surface area contributed by atoms with E-state index in [1.807, 2.05) is 36.4 Å². The summed E-state index contributed by atoms with van der Waals surface area (Å²) in [6, 6.07) is 31.9. The zero-order chi connectivity index (χ0) is 48.9. The van der Waals surface area contributed by atoms with E-state index in [4.69, 9.17) is 0 Å². The maximum Gasteiger partial charge on any atom is 0.523 e. The van der Waals surface area contributed by atoms with Gasteiger partial charge in [-0.05, 0) is 104 Å². The molecule has 25 heteroatoms. The van der Waals surface area contributed by atoms with Crippen LogP contribution in [0.5, 0.6) is 0 Å². The third-order valence-corrected chi connectivity index (χ3v) is 12.3. The first-order valence-electron chi connectivity index (χ1n) is 20.2. The van der Waals surface area contributed by atoms with Gasteiger partial charge in [0.1, 0.15) is 19.2 Å². The molecule has 1 N–H and O–H groups in total. The van der Waals surface area contributed by atoms with Crippen molar-refractivity contribution in [1.29, 1.82) is 0 Å². The lowest BCUT2D eigenvalue weighted by atomic mass is 10.2. The van der Waals surface area contributed by atoms with Crippen molar-refractivity contribution in [2.24, 2.45) is 0 Å². The Balaban J connectivity index is 0.000000240. The van der Waals surface area contributed by atoms with E-state index in [-0.39, 0.29) is 13.1 Å². The fourth-order valence-electron chi connectivity index (χ4n) is 6.84. The highest BCUT2D eigenvalue weighted by Crippen LogP contribution is 2.26. The molecule has 15 nitrogen and oxygen atoms in total. The second-order valence-electron chi connectivity index (χ2n) is 14.3. The molecule has 2 saturated heterocycles. The van der Waals surface area contributed by atoms with Gasteiger partial charge in [0.05, 0.1) is 25.2 Å². The van der Waals surface area contributed by atoms with Gasteiger partial charge in [-0.3, -0.25) is 8.57 Å². The molecule has 0 spiro atoms. The number of nitrogens with one attached hydrogen (secondary N) is 1. The Kier molecular flexibility index (Phi) is 19.9. The van der Waals surface area contributed by atoms with Crippen LogP contribution in [-0.2, 0) is 20.8 Å². The molecule has 0 saturated carbocycles. The van der Waals surface area contributed by atoms with E-state index in [2.05, 4.69) is 119 Å². The second-order valence-corrected chi connectivity index (χ2v) is 17.8. The van der Waals surface area contributed by atoms with Gasteiger partial charge in [0.15, 0.2) is 0 Å². The van der Waals surface area contributed by atoms with Crippen LogP contribution in [0.25, 0.3) is 11.4 Å². The molecule has 4 aromatic carbocycles. The van der Waals surface area contributed by atoms with Gasteiger partial charge < -0.3 is 19.6 Å². The van der Waals surface area contributed by atoms with E-state index in [0.29, 0.717) is 17.5 Å². The summed E-state index contributed by atoms with van der Waals surface area (Å²) >= 11 is 6.93. The number of hydrogen-bond donors (Lipinski definition) is 1. The summed E-state index contributed by atoms with van der Waals surface area (Å²) < 4.78 is 109. The predicted molar refractivity (Wildman–Crippen MR) is 256 cm³/mol. The van der Waals surface area contributed by atoms with Crippen molar-refractivity contribution in [1.82, 2.24) is 29.1 Å². The lowest BCUT2D eigenvalue weighted by Gasteiger charge is -2.37. The molecular weight excluding hydrogens is 1060 g/mol. The minimum atomic E-state index is -5.35. The maximum atomic E-state index is 12.5. The number of hydrogen-bond acceptors (Lipinski definition) is 11. The van der Waals surface area contributed by atoms with Gasteiger partial charge in [0, 0.05) is 84.1 Å². The van der Waals surface area contributed by atoms with Crippen LogP contribution in [0.4, 0.5) is 53.5 Å². The van der Waals surface area contributed by atoms with Crippen LogP contribution in [0.2, 0.25) is 0 Å². The van der Waals surface area contributed by atoms with Gasteiger partial charge in [0.25, 0.3) is 0 Å². The first-order valence-corrected chi connectivity index (χ1v) is 23.2. The highest BCUT2D eigenvalue weighted by molar-refractivity contribution is 9.10. The molecule has 370 valence electrons. The standard InChI is InChI=1S/C20H19BrF3N5O.C18H18BrN5O.C3H5F3O3S.CH3F.CH4/c21-15-1-3-16(4-2-15)26-9-11-27(12-10-26)17-5-7-18(8-6-17)28-14-25-29(19(28)30)13-20(22,23)24;19-14-1-3-15(4-2-14)22-9-11-23(12-10-22)16-5-7-17(8-6-16)24-13-20-21-18(24)25;1-2-9-10(7,8)3(4,5)6;1-2;/h1-8,14H,9-13H2;1-8,13H,9-12H2,(H,21,25);2H2,1H3;1H3;1H4. The van der Waals surface area contributed by atoms with Crippen LogP contribution in [0.1, 0.15) is 14.4 Å². The SMILES string of the molecule is C.CCOS(=O)(=O)C(F)(F)F.CF.O=c1[nH]ncn1-c1ccc(N2CCN(c3ccc(Br)cc3)CC2)cc1.O=c1n(-c2ccc(N3CCN(c4ccc(Br)cc4)CC3)cc2)cnn1CC(F)(F)F. The van der Waals surface area contributed by atoms with Gasteiger partial charge in [0.2, 0.25) is 0 Å². The highest BCUT2D eigenvalue weighted by Gasteiger charge is 2.47. The van der Waals surface area contributed by atoms with Crippen molar-refractivity contribution in [2.45, 2.75) is 32.6 Å². The summed E-state index contributed by atoms with van der Waals surface area (Å²) in [6.45, 7) is 6.62. The van der Waals surface area contributed by atoms with E-state index >= 15 is 0 Å². The Hall–Kier alpha value is -5.66. The molecule has 8 rings (SSSR count). The molecule has 0 amide bonds. The molecular formula is C43H49Br2F7N10O5S. The van der Waals surface area contributed by atoms with Gasteiger partial charge in [-0.25, -0.2) is 28.5 Å². The minimum absolute atomic E-state index is 0. The lowest BCUT2D eigenvalue weighted by molar-refractivity contribution is -0.143. The third-order valence-electron chi connectivity index (χ3n) is 10.1. The molecule has 0 aliphatic carbocycles. The molecule has 2 fully saturated rings. The van der Waals surface area contributed by atoms with Crippen molar-refractivity contribution in [3.8, 4) is 11.4 Å². The van der Waals surface area contributed by atoms with E-state index < -0.39 is 40.6 Å². The van der Waals surface area contributed by atoms with Gasteiger partial charge in [-0.1, -0.05) is 39.3 Å². The Morgan fingerprint density at radius 2 is 0.926 bits per heavy atom. The Bertz CT molecular complexity index is 2680. The monoisotopic (exact) mass is 1110 g/mol. The number of H-pyrrole nitrogens is 1. The number of aromatic amines is 1. The number of anilines is 4. The Morgan fingerprint density at radius 1 is 0.588 bits per heavy atom. The number of rotatable bonds is 9. The Morgan fingerprint density at radius 3 is 1.22 bits per heavy atom. The van der Waals surface area contributed by atoms with Crippen molar-refractivity contribution >= 4 is 64.7 Å². The van der Waals surface area contributed by atoms with Crippen molar-refractivity contribution < 1.29 is 43.3 Å². The van der Waals surface area contributed by atoms with Gasteiger partial charge >= 0.3 is 33.2 Å². The summed E-state index contributed by atoms with van der Waals surface area (Å²) in [5.74, 6) is 0.